The number of nitrogens with one attached hydrogen (secondary N) is 1. The molecule has 28 heavy (non-hydrogen) atoms. The second kappa shape index (κ2) is 7.73. The van der Waals surface area contributed by atoms with Crippen LogP contribution in [0.15, 0.2) is 46.8 Å². The number of rotatable bonds is 6. The molecular formula is C20H18N4O2S2. The predicted octanol–water partition coefficient (Wildman–Crippen LogP) is 4.08. The number of anilines is 3. The molecule has 1 aliphatic rings. The molecule has 2 aromatic carbocycles. The van der Waals surface area contributed by atoms with Crippen molar-refractivity contribution in [3.63, 3.8) is 0 Å². The standard InChI is InChI=1S/C20H18N4O2S2/c1-12-4-3-5-15(8-12)21-19-22-23-20(28-19)27-11-17(25)13-6-7-16-14(9-13)10-18(26)24(16)2/h3-9H,10-11H2,1-2H3,(H,21,22). The van der Waals surface area contributed by atoms with Crippen LogP contribution in [0.25, 0.3) is 0 Å². The minimum Gasteiger partial charge on any atom is -0.330 e. The van der Waals surface area contributed by atoms with Gasteiger partial charge in [-0.2, -0.15) is 0 Å². The highest BCUT2D eigenvalue weighted by Gasteiger charge is 2.24. The fourth-order valence-electron chi connectivity index (χ4n) is 3.02. The lowest BCUT2D eigenvalue weighted by molar-refractivity contribution is -0.117. The number of nitrogens with zero attached hydrogens (tertiary/aromatic N) is 3. The predicted molar refractivity (Wildman–Crippen MR) is 113 cm³/mol. The normalized spacial score (nSPS) is 12.9. The summed E-state index contributed by atoms with van der Waals surface area (Å²) in [5.74, 6) is 0.344. The van der Waals surface area contributed by atoms with Gasteiger partial charge in [-0.15, -0.1) is 10.2 Å². The zero-order valence-corrected chi connectivity index (χ0v) is 17.1. The third-order valence-corrected chi connectivity index (χ3v) is 6.45. The summed E-state index contributed by atoms with van der Waals surface area (Å²) < 4.78 is 0.736. The van der Waals surface area contributed by atoms with E-state index in [4.69, 9.17) is 0 Å². The molecule has 0 atom stereocenters. The zero-order chi connectivity index (χ0) is 19.7. The monoisotopic (exact) mass is 410 g/mol. The van der Waals surface area contributed by atoms with Crippen LogP contribution in [0.3, 0.4) is 0 Å². The third kappa shape index (κ3) is 3.93. The number of ketones is 1. The van der Waals surface area contributed by atoms with Gasteiger partial charge in [-0.3, -0.25) is 9.59 Å². The number of aryl methyl sites for hydroxylation is 1. The van der Waals surface area contributed by atoms with Crippen LogP contribution in [-0.2, 0) is 11.2 Å². The Morgan fingerprint density at radius 1 is 1.25 bits per heavy atom. The number of benzene rings is 2. The van der Waals surface area contributed by atoms with Crippen molar-refractivity contribution in [2.45, 2.75) is 17.7 Å². The third-order valence-electron chi connectivity index (χ3n) is 4.48. The molecule has 0 saturated carbocycles. The van der Waals surface area contributed by atoms with Crippen molar-refractivity contribution in [2.24, 2.45) is 0 Å². The molecule has 0 aliphatic carbocycles. The number of Topliss-reactive ketones (excluding diaryl/α,β-unsaturated/α-hetero) is 1. The molecule has 0 radical (unpaired) electrons. The number of amides is 1. The van der Waals surface area contributed by atoms with Gasteiger partial charge in [-0.1, -0.05) is 35.2 Å². The molecule has 8 heteroatoms. The largest absolute Gasteiger partial charge is 0.330 e. The van der Waals surface area contributed by atoms with E-state index in [2.05, 4.69) is 15.5 Å². The molecule has 0 bridgehead atoms. The summed E-state index contributed by atoms with van der Waals surface area (Å²) in [5, 5.41) is 12.2. The summed E-state index contributed by atoms with van der Waals surface area (Å²) >= 11 is 2.79. The quantitative estimate of drug-likeness (QED) is 0.487. The Kier molecular flexibility index (Phi) is 5.15. The number of thioether (sulfide) groups is 1. The number of carbonyl (C=O) groups is 2. The molecule has 6 nitrogen and oxygen atoms in total. The summed E-state index contributed by atoms with van der Waals surface area (Å²) in [6.45, 7) is 2.03. The number of hydrogen-bond acceptors (Lipinski definition) is 7. The van der Waals surface area contributed by atoms with Crippen molar-refractivity contribution in [1.29, 1.82) is 0 Å². The van der Waals surface area contributed by atoms with Crippen LogP contribution in [0, 0.1) is 6.92 Å². The van der Waals surface area contributed by atoms with Gasteiger partial charge in [0.25, 0.3) is 0 Å². The highest BCUT2D eigenvalue weighted by molar-refractivity contribution is 8.01. The van der Waals surface area contributed by atoms with Gasteiger partial charge in [0.1, 0.15) is 0 Å². The molecule has 4 rings (SSSR count). The molecule has 1 aromatic heterocycles. The first-order valence-electron chi connectivity index (χ1n) is 8.72. The lowest BCUT2D eigenvalue weighted by Gasteiger charge is -2.10. The number of likely N-dealkylation sites (N-methyl/N-ethyl adjacent to an activating group) is 1. The van der Waals surface area contributed by atoms with Gasteiger partial charge >= 0.3 is 0 Å². The number of fused-ring (bicyclic) bond motifs is 1. The molecule has 0 spiro atoms. The first kappa shape index (κ1) is 18.6. The molecular weight excluding hydrogens is 392 g/mol. The molecule has 0 fully saturated rings. The van der Waals surface area contributed by atoms with Gasteiger partial charge in [0.2, 0.25) is 11.0 Å². The van der Waals surface area contributed by atoms with Crippen LogP contribution in [0.4, 0.5) is 16.5 Å². The molecule has 3 aromatic rings. The minimum absolute atomic E-state index is 0.0122. The van der Waals surface area contributed by atoms with Crippen LogP contribution in [0.1, 0.15) is 21.5 Å². The average Bonchev–Trinajstić information content (AvgIpc) is 3.23. The van der Waals surface area contributed by atoms with Gasteiger partial charge < -0.3 is 10.2 Å². The minimum atomic E-state index is 0.0122. The molecule has 0 unspecified atom stereocenters. The Morgan fingerprint density at radius 2 is 2.11 bits per heavy atom. The maximum Gasteiger partial charge on any atom is 0.231 e. The van der Waals surface area contributed by atoms with Crippen molar-refractivity contribution in [3.8, 4) is 0 Å². The van der Waals surface area contributed by atoms with E-state index in [9.17, 15) is 9.59 Å². The lowest BCUT2D eigenvalue weighted by Crippen LogP contribution is -2.20. The van der Waals surface area contributed by atoms with Crippen molar-refractivity contribution in [2.75, 3.05) is 23.0 Å². The Balaban J connectivity index is 1.37. The van der Waals surface area contributed by atoms with E-state index in [1.807, 2.05) is 43.3 Å². The summed E-state index contributed by atoms with van der Waals surface area (Å²) in [6, 6.07) is 13.5. The van der Waals surface area contributed by atoms with Gasteiger partial charge in [0, 0.05) is 24.0 Å². The number of hydrogen-bond donors (Lipinski definition) is 1. The Bertz CT molecular complexity index is 1060. The molecule has 0 saturated heterocycles. The van der Waals surface area contributed by atoms with Gasteiger partial charge in [-0.25, -0.2) is 0 Å². The van der Waals surface area contributed by atoms with E-state index in [0.717, 1.165) is 26.8 Å². The van der Waals surface area contributed by atoms with Gasteiger partial charge in [0.15, 0.2) is 10.1 Å². The number of carbonyl (C=O) groups excluding carboxylic acids is 2. The average molecular weight is 411 g/mol. The fraction of sp³-hybridized carbons (Fsp3) is 0.200. The zero-order valence-electron chi connectivity index (χ0n) is 15.4. The Labute approximate surface area is 171 Å². The topological polar surface area (TPSA) is 75.2 Å². The Morgan fingerprint density at radius 3 is 2.93 bits per heavy atom. The highest BCUT2D eigenvalue weighted by atomic mass is 32.2. The molecule has 1 aliphatic heterocycles. The van der Waals surface area contributed by atoms with Crippen molar-refractivity contribution < 1.29 is 9.59 Å². The number of aromatic nitrogens is 2. The Hall–Kier alpha value is -2.71. The van der Waals surface area contributed by atoms with Crippen LogP contribution in [-0.4, -0.2) is 34.7 Å². The van der Waals surface area contributed by atoms with Gasteiger partial charge in [-0.05, 0) is 48.4 Å². The first-order valence-corrected chi connectivity index (χ1v) is 10.5. The smallest absolute Gasteiger partial charge is 0.231 e. The van der Waals surface area contributed by atoms with E-state index in [0.29, 0.717) is 17.1 Å². The second-order valence-electron chi connectivity index (χ2n) is 6.55. The molecule has 142 valence electrons. The van der Waals surface area contributed by atoms with Crippen molar-refractivity contribution >= 4 is 51.3 Å². The molecule has 1 N–H and O–H groups in total. The summed E-state index contributed by atoms with van der Waals surface area (Å²) in [4.78, 5) is 26.0. The summed E-state index contributed by atoms with van der Waals surface area (Å²) in [7, 11) is 1.75. The molecule has 1 amide bonds. The van der Waals surface area contributed by atoms with Crippen molar-refractivity contribution in [3.05, 3.63) is 59.2 Å². The van der Waals surface area contributed by atoms with E-state index >= 15 is 0 Å². The highest BCUT2D eigenvalue weighted by Crippen LogP contribution is 2.31. The van der Waals surface area contributed by atoms with Crippen LogP contribution in [0.5, 0.6) is 0 Å². The summed E-state index contributed by atoms with van der Waals surface area (Å²) in [5.41, 5.74) is 4.53. The van der Waals surface area contributed by atoms with Crippen LogP contribution >= 0.6 is 23.1 Å². The molecule has 2 heterocycles. The van der Waals surface area contributed by atoms with E-state index in [1.54, 1.807) is 18.0 Å². The maximum atomic E-state index is 12.5. The SMILES string of the molecule is Cc1cccc(Nc2nnc(SCC(=O)c3ccc4c(c3)CC(=O)N4C)s2)c1. The van der Waals surface area contributed by atoms with E-state index in [1.165, 1.54) is 23.1 Å². The second-order valence-corrected chi connectivity index (χ2v) is 8.75. The summed E-state index contributed by atoms with van der Waals surface area (Å²) in [6.07, 6.45) is 0.352. The fourth-order valence-corrected chi connectivity index (χ4v) is 4.69. The van der Waals surface area contributed by atoms with Gasteiger partial charge in [0.05, 0.1) is 12.2 Å². The van der Waals surface area contributed by atoms with E-state index < -0.39 is 0 Å². The van der Waals surface area contributed by atoms with Crippen LogP contribution in [0.2, 0.25) is 0 Å². The van der Waals surface area contributed by atoms with Crippen molar-refractivity contribution in [1.82, 2.24) is 10.2 Å². The maximum absolute atomic E-state index is 12.5. The van der Waals surface area contributed by atoms with Crippen LogP contribution < -0.4 is 10.2 Å². The lowest BCUT2D eigenvalue weighted by atomic mass is 10.1. The van der Waals surface area contributed by atoms with E-state index in [-0.39, 0.29) is 17.4 Å². The first-order chi connectivity index (χ1) is 13.5.